The smallest absolute Gasteiger partial charge is 0.0467 e. The van der Waals surface area contributed by atoms with Crippen LogP contribution in [-0.4, -0.2) is 0 Å². The van der Waals surface area contributed by atoms with Gasteiger partial charge in [-0.25, -0.2) is 0 Å². The first-order chi connectivity index (χ1) is 43.6. The summed E-state index contributed by atoms with van der Waals surface area (Å²) in [5.74, 6) is 0. The first kappa shape index (κ1) is 58.4. The van der Waals surface area contributed by atoms with E-state index in [1.165, 1.54) is 66.8 Å². The summed E-state index contributed by atoms with van der Waals surface area (Å²) in [4.78, 5) is 7.08. The highest BCUT2D eigenvalue weighted by atomic mass is 15.2. The standard InChI is InChI=1S/C86H73N3/c1-62-37-48-77(49-38-62)87(78-51-42-68(43-52-78)23-19-36-85(73-26-10-7-11-27-73)74-28-12-8-13-29-74)84-50-39-65(4)86(61-84)75-30-20-35-81(60-75)89(80-34-17-22-64(3)56-80)83-54-47-72(67(6)58-83)45-41-70-25-18-24-69(59-70)40-44-71-46-53-82(57-66(71)5)88(76-31-14-9-15-32-76)79-33-16-21-63(2)55-79/h7-61H,1-6H3/b23-19+,44-40+,45-41+. The molecular weight excluding hydrogens is 1070 g/mol. The van der Waals surface area contributed by atoms with E-state index in [0.717, 1.165) is 73.4 Å². The first-order valence-corrected chi connectivity index (χ1v) is 30.7. The SMILES string of the molecule is Cc1ccc(N(c2ccc(/C=C/C=C(c3ccccc3)c3ccccc3)cc2)c2ccc(C)c(-c3cccc(N(c4cccc(C)c4)c4ccc(/C=C/c5cccc(/C=C/c6ccc(N(c7ccccc7)c7cccc(C)c7)cc6C)c5)c(C)c4)c3)c2)cc1. The molecule has 12 aromatic carbocycles. The first-order valence-electron chi connectivity index (χ1n) is 30.7. The van der Waals surface area contributed by atoms with Crippen LogP contribution in [-0.2, 0) is 0 Å². The Morgan fingerprint density at radius 1 is 0.258 bits per heavy atom. The molecule has 0 N–H and O–H groups in total. The molecule has 0 saturated carbocycles. The Morgan fingerprint density at radius 3 is 1.21 bits per heavy atom. The molecule has 0 aromatic heterocycles. The Balaban J connectivity index is 0.795. The second-order valence-corrected chi connectivity index (χ2v) is 23.1. The average Bonchev–Trinajstić information content (AvgIpc) is 2.22. The lowest BCUT2D eigenvalue weighted by atomic mass is 9.97. The van der Waals surface area contributed by atoms with Crippen molar-refractivity contribution < 1.29 is 0 Å². The second kappa shape index (κ2) is 27.1. The number of hydrogen-bond acceptors (Lipinski definition) is 3. The van der Waals surface area contributed by atoms with E-state index >= 15 is 0 Å². The van der Waals surface area contributed by atoms with E-state index in [1.54, 1.807) is 0 Å². The molecule has 0 bridgehead atoms. The zero-order valence-corrected chi connectivity index (χ0v) is 51.6. The number of anilines is 9. The summed E-state index contributed by atoms with van der Waals surface area (Å²) < 4.78 is 0. The van der Waals surface area contributed by atoms with Gasteiger partial charge in [-0.1, -0.05) is 224 Å². The zero-order chi connectivity index (χ0) is 61.1. The molecule has 0 aliphatic heterocycles. The summed E-state index contributed by atoms with van der Waals surface area (Å²) in [5.41, 5.74) is 28.9. The molecule has 0 spiro atoms. The second-order valence-electron chi connectivity index (χ2n) is 23.1. The van der Waals surface area contributed by atoms with Gasteiger partial charge in [0.2, 0.25) is 0 Å². The van der Waals surface area contributed by atoms with E-state index < -0.39 is 0 Å². The Morgan fingerprint density at radius 2 is 0.674 bits per heavy atom. The summed E-state index contributed by atoms with van der Waals surface area (Å²) in [5, 5.41) is 0. The van der Waals surface area contributed by atoms with Crippen molar-refractivity contribution in [2.45, 2.75) is 41.5 Å². The molecule has 3 heteroatoms. The van der Waals surface area contributed by atoms with Crippen molar-refractivity contribution in [3.63, 3.8) is 0 Å². The molecule has 0 aliphatic rings. The van der Waals surface area contributed by atoms with Crippen molar-refractivity contribution in [2.75, 3.05) is 14.7 Å². The normalized spacial score (nSPS) is 11.3. The highest BCUT2D eigenvalue weighted by Gasteiger charge is 2.19. The summed E-state index contributed by atoms with van der Waals surface area (Å²) in [7, 11) is 0. The molecule has 3 nitrogen and oxygen atoms in total. The zero-order valence-electron chi connectivity index (χ0n) is 51.6. The number of benzene rings is 12. The van der Waals surface area contributed by atoms with Crippen LogP contribution in [0.1, 0.15) is 72.3 Å². The molecule has 0 amide bonds. The Hall–Kier alpha value is -11.0. The van der Waals surface area contributed by atoms with Gasteiger partial charge < -0.3 is 14.7 Å². The van der Waals surface area contributed by atoms with Crippen molar-refractivity contribution in [1.82, 2.24) is 0 Å². The predicted octanol–water partition coefficient (Wildman–Crippen LogP) is 24.1. The molecule has 12 aromatic rings. The van der Waals surface area contributed by atoms with Crippen LogP contribution >= 0.6 is 0 Å². The Bertz CT molecular complexity index is 4490. The van der Waals surface area contributed by atoms with Gasteiger partial charge >= 0.3 is 0 Å². The van der Waals surface area contributed by atoms with E-state index in [2.05, 4.69) is 390 Å². The van der Waals surface area contributed by atoms with E-state index in [1.807, 2.05) is 0 Å². The summed E-state index contributed by atoms with van der Waals surface area (Å²) in [6.45, 7) is 13.1. The van der Waals surface area contributed by atoms with Gasteiger partial charge in [0, 0.05) is 51.2 Å². The van der Waals surface area contributed by atoms with Crippen LogP contribution in [0, 0.1) is 41.5 Å². The number of allylic oxidation sites excluding steroid dienone is 2. The fraction of sp³-hybridized carbons (Fsp3) is 0.0698. The monoisotopic (exact) mass is 1150 g/mol. The summed E-state index contributed by atoms with van der Waals surface area (Å²) in [6, 6.07) is 105. The van der Waals surface area contributed by atoms with Gasteiger partial charge in [-0.15, -0.1) is 0 Å². The number of aryl methyl sites for hydroxylation is 6. The molecule has 432 valence electrons. The van der Waals surface area contributed by atoms with Crippen LogP contribution in [0.25, 0.3) is 47.1 Å². The Labute approximate surface area is 527 Å². The van der Waals surface area contributed by atoms with Crippen molar-refractivity contribution in [1.29, 1.82) is 0 Å². The van der Waals surface area contributed by atoms with Crippen molar-refractivity contribution in [3.05, 3.63) is 376 Å². The average molecular weight is 1150 g/mol. The van der Waals surface area contributed by atoms with E-state index in [4.69, 9.17) is 0 Å². The predicted molar refractivity (Wildman–Crippen MR) is 384 cm³/mol. The lowest BCUT2D eigenvalue weighted by Crippen LogP contribution is -2.11. The quantitative estimate of drug-likeness (QED) is 0.0626. The lowest BCUT2D eigenvalue weighted by Gasteiger charge is -2.28. The topological polar surface area (TPSA) is 9.72 Å². The van der Waals surface area contributed by atoms with Crippen molar-refractivity contribution in [2.24, 2.45) is 0 Å². The van der Waals surface area contributed by atoms with E-state index in [0.29, 0.717) is 0 Å². The number of para-hydroxylation sites is 1. The minimum atomic E-state index is 1.08. The third kappa shape index (κ3) is 14.0. The lowest BCUT2D eigenvalue weighted by molar-refractivity contribution is 1.25. The maximum atomic E-state index is 2.39. The van der Waals surface area contributed by atoms with Crippen molar-refractivity contribution >= 4 is 87.1 Å². The number of rotatable bonds is 18. The molecule has 0 unspecified atom stereocenters. The highest BCUT2D eigenvalue weighted by Crippen LogP contribution is 2.42. The van der Waals surface area contributed by atoms with Crippen LogP contribution in [0.2, 0.25) is 0 Å². The Kier molecular flexibility index (Phi) is 17.8. The molecule has 0 aliphatic carbocycles. The number of nitrogens with zero attached hydrogens (tertiary/aromatic N) is 3. The minimum absolute atomic E-state index is 1.08. The van der Waals surface area contributed by atoms with Crippen LogP contribution in [0.15, 0.2) is 303 Å². The molecule has 0 atom stereocenters. The van der Waals surface area contributed by atoms with Crippen molar-refractivity contribution in [3.8, 4) is 11.1 Å². The molecule has 0 radical (unpaired) electrons. The van der Waals surface area contributed by atoms with Gasteiger partial charge in [0.25, 0.3) is 0 Å². The van der Waals surface area contributed by atoms with Crippen LogP contribution in [0.5, 0.6) is 0 Å². The van der Waals surface area contributed by atoms with Gasteiger partial charge in [0.15, 0.2) is 0 Å². The third-order valence-corrected chi connectivity index (χ3v) is 16.4. The van der Waals surface area contributed by atoms with Gasteiger partial charge in [-0.05, 0) is 240 Å². The highest BCUT2D eigenvalue weighted by molar-refractivity contribution is 5.87. The maximum absolute atomic E-state index is 2.39. The minimum Gasteiger partial charge on any atom is -0.310 e. The molecule has 12 rings (SSSR count). The molecular formula is C86H73N3. The number of hydrogen-bond donors (Lipinski definition) is 0. The molecule has 0 heterocycles. The maximum Gasteiger partial charge on any atom is 0.0467 e. The van der Waals surface area contributed by atoms with Crippen LogP contribution in [0.3, 0.4) is 0 Å². The van der Waals surface area contributed by atoms with E-state index in [9.17, 15) is 0 Å². The molecule has 0 fully saturated rings. The fourth-order valence-electron chi connectivity index (χ4n) is 11.7. The molecule has 0 saturated heterocycles. The van der Waals surface area contributed by atoms with Crippen LogP contribution in [0.4, 0.5) is 51.2 Å². The summed E-state index contributed by atoms with van der Waals surface area (Å²) >= 11 is 0. The van der Waals surface area contributed by atoms with E-state index in [-0.39, 0.29) is 0 Å². The largest absolute Gasteiger partial charge is 0.310 e. The third-order valence-electron chi connectivity index (χ3n) is 16.4. The van der Waals surface area contributed by atoms with Crippen LogP contribution < -0.4 is 14.7 Å². The fourth-order valence-corrected chi connectivity index (χ4v) is 11.7. The summed E-state index contributed by atoms with van der Waals surface area (Å²) in [6.07, 6.45) is 15.5. The van der Waals surface area contributed by atoms with Gasteiger partial charge in [-0.3, -0.25) is 0 Å². The van der Waals surface area contributed by atoms with Gasteiger partial charge in [0.05, 0.1) is 0 Å². The van der Waals surface area contributed by atoms with Gasteiger partial charge in [0.1, 0.15) is 0 Å². The molecule has 89 heavy (non-hydrogen) atoms. The van der Waals surface area contributed by atoms with Gasteiger partial charge in [-0.2, -0.15) is 0 Å².